The van der Waals surface area contributed by atoms with Gasteiger partial charge < -0.3 is 14.6 Å². The molecule has 1 aromatic carbocycles. The Hall–Kier alpha value is -3.09. The van der Waals surface area contributed by atoms with Gasteiger partial charge in [-0.3, -0.25) is 9.59 Å². The Balaban J connectivity index is 1.37. The van der Waals surface area contributed by atoms with E-state index in [9.17, 15) is 9.59 Å². The summed E-state index contributed by atoms with van der Waals surface area (Å²) in [6, 6.07) is 10.3. The van der Waals surface area contributed by atoms with E-state index >= 15 is 0 Å². The zero-order chi connectivity index (χ0) is 19.5. The highest BCUT2D eigenvalue weighted by molar-refractivity contribution is 5.92. The fraction of sp³-hybridized carbons (Fsp3) is 0.381. The van der Waals surface area contributed by atoms with Crippen molar-refractivity contribution in [1.29, 1.82) is 0 Å². The molecule has 28 heavy (non-hydrogen) atoms. The average Bonchev–Trinajstić information content (AvgIpc) is 3.09. The fourth-order valence-electron chi connectivity index (χ4n) is 3.55. The highest BCUT2D eigenvalue weighted by Gasteiger charge is 2.20. The van der Waals surface area contributed by atoms with Gasteiger partial charge in [-0.15, -0.1) is 4.57 Å². The van der Waals surface area contributed by atoms with Crippen molar-refractivity contribution in [3.05, 3.63) is 58.2 Å². The maximum absolute atomic E-state index is 12.3. The van der Waals surface area contributed by atoms with E-state index < -0.39 is 0 Å². The third-order valence-electron chi connectivity index (χ3n) is 5.01. The van der Waals surface area contributed by atoms with E-state index in [4.69, 9.17) is 9.26 Å². The van der Waals surface area contributed by atoms with Gasteiger partial charge in [0.25, 0.3) is 5.56 Å². The molecule has 0 radical (unpaired) electrons. The average molecular weight is 381 g/mol. The molecule has 0 saturated heterocycles. The van der Waals surface area contributed by atoms with Gasteiger partial charge >= 0.3 is 0 Å². The molecule has 1 saturated carbocycles. The van der Waals surface area contributed by atoms with Crippen molar-refractivity contribution in [2.45, 2.75) is 45.6 Å². The lowest BCUT2D eigenvalue weighted by Gasteiger charge is -2.20. The Morgan fingerprint density at radius 3 is 2.71 bits per heavy atom. The molecule has 1 aliphatic carbocycles. The van der Waals surface area contributed by atoms with Gasteiger partial charge in [0.1, 0.15) is 18.1 Å². The molecule has 0 atom stereocenters. The second kappa shape index (κ2) is 7.88. The monoisotopic (exact) mass is 381 g/mol. The zero-order valence-electron chi connectivity index (χ0n) is 15.8. The molecule has 146 valence electrons. The summed E-state index contributed by atoms with van der Waals surface area (Å²) in [7, 11) is 0. The third-order valence-corrected chi connectivity index (χ3v) is 5.01. The number of amides is 1. The van der Waals surface area contributed by atoms with Crippen LogP contribution < -0.4 is 15.6 Å². The normalized spacial score (nSPS) is 14.9. The number of hydrogen-bond donors (Lipinski definition) is 1. The summed E-state index contributed by atoms with van der Waals surface area (Å²) in [5.74, 6) is 1.48. The molecule has 1 fully saturated rings. The minimum atomic E-state index is -0.280. The van der Waals surface area contributed by atoms with Crippen LogP contribution in [0.2, 0.25) is 0 Å². The van der Waals surface area contributed by atoms with E-state index in [2.05, 4.69) is 10.3 Å². The number of nitrogens with zero attached hydrogens (tertiary/aromatic N) is 2. The molecule has 0 bridgehead atoms. The molecule has 1 N–H and O–H groups in total. The molecule has 0 unspecified atom stereocenters. The summed E-state index contributed by atoms with van der Waals surface area (Å²) in [5.41, 5.74) is 1.47. The maximum Gasteiger partial charge on any atom is 0.287 e. The second-order valence-electron chi connectivity index (χ2n) is 7.22. The number of hydrogen-bond acceptors (Lipinski definition) is 5. The largest absolute Gasteiger partial charge is 0.487 e. The van der Waals surface area contributed by atoms with E-state index in [-0.39, 0.29) is 24.0 Å². The van der Waals surface area contributed by atoms with E-state index in [0.717, 1.165) is 35.9 Å². The van der Waals surface area contributed by atoms with Crippen LogP contribution in [0.5, 0.6) is 5.75 Å². The first-order valence-corrected chi connectivity index (χ1v) is 9.62. The van der Waals surface area contributed by atoms with Gasteiger partial charge in [0.2, 0.25) is 5.91 Å². The minimum Gasteiger partial charge on any atom is -0.487 e. The quantitative estimate of drug-likeness (QED) is 0.728. The van der Waals surface area contributed by atoms with Gasteiger partial charge in [-0.05, 0) is 44.0 Å². The third kappa shape index (κ3) is 4.08. The van der Waals surface area contributed by atoms with Gasteiger partial charge in [-0.2, -0.15) is 0 Å². The van der Waals surface area contributed by atoms with E-state index in [1.807, 2.05) is 12.1 Å². The molecule has 0 spiro atoms. The second-order valence-corrected chi connectivity index (χ2v) is 7.22. The fourth-order valence-corrected chi connectivity index (χ4v) is 3.55. The number of nitrogens with one attached hydrogen (secondary N) is 1. The summed E-state index contributed by atoms with van der Waals surface area (Å²) in [5, 5.41) is 2.98. The number of aryl methyl sites for hydroxylation is 1. The number of ether oxygens (including phenoxy) is 1. The molecular formula is C21H23N3O4. The summed E-state index contributed by atoms with van der Waals surface area (Å²) in [6.45, 7) is 1.93. The highest BCUT2D eigenvalue weighted by atomic mass is 16.5. The zero-order valence-corrected chi connectivity index (χ0v) is 15.8. The van der Waals surface area contributed by atoms with Crippen LogP contribution in [0.25, 0.3) is 5.65 Å². The van der Waals surface area contributed by atoms with Crippen molar-refractivity contribution < 1.29 is 14.1 Å². The Bertz CT molecular complexity index is 1030. The van der Waals surface area contributed by atoms with Crippen molar-refractivity contribution in [1.82, 2.24) is 9.56 Å². The number of rotatable bonds is 5. The van der Waals surface area contributed by atoms with Gasteiger partial charge in [-0.1, -0.05) is 19.3 Å². The maximum atomic E-state index is 12.3. The first-order chi connectivity index (χ1) is 13.6. The van der Waals surface area contributed by atoms with Crippen molar-refractivity contribution in [3.8, 4) is 5.75 Å². The van der Waals surface area contributed by atoms with Gasteiger partial charge in [0.05, 0.1) is 5.69 Å². The van der Waals surface area contributed by atoms with Crippen LogP contribution in [0, 0.1) is 12.8 Å². The van der Waals surface area contributed by atoms with Crippen LogP contribution in [-0.2, 0) is 11.4 Å². The predicted octanol–water partition coefficient (Wildman–Crippen LogP) is 3.69. The molecule has 2 aromatic heterocycles. The molecule has 7 heteroatoms. The Labute approximate surface area is 162 Å². The van der Waals surface area contributed by atoms with E-state index in [0.29, 0.717) is 22.9 Å². The summed E-state index contributed by atoms with van der Waals surface area (Å²) < 4.78 is 12.2. The number of carbonyl (C=O) groups excluding carboxylic acids is 1. The molecule has 7 nitrogen and oxygen atoms in total. The number of carbonyl (C=O) groups is 1. The first-order valence-electron chi connectivity index (χ1n) is 9.62. The van der Waals surface area contributed by atoms with Crippen LogP contribution in [0.15, 0.2) is 45.7 Å². The van der Waals surface area contributed by atoms with Crippen molar-refractivity contribution >= 4 is 17.2 Å². The molecule has 1 amide bonds. The number of fused-ring (bicyclic) bond motifs is 1. The SMILES string of the molecule is Cc1cc2nc(COc3ccc(NC(=O)C4CCCCC4)cc3)cc(=O)n2o1. The van der Waals surface area contributed by atoms with Gasteiger partial charge in [0, 0.05) is 23.7 Å². The summed E-state index contributed by atoms with van der Waals surface area (Å²) in [4.78, 5) is 28.7. The van der Waals surface area contributed by atoms with Gasteiger partial charge in [-0.25, -0.2) is 4.98 Å². The molecule has 0 aliphatic heterocycles. The molecule has 1 aliphatic rings. The number of anilines is 1. The summed E-state index contributed by atoms with van der Waals surface area (Å²) >= 11 is 0. The molecule has 2 heterocycles. The lowest BCUT2D eigenvalue weighted by molar-refractivity contribution is -0.120. The molecular weight excluding hydrogens is 358 g/mol. The van der Waals surface area contributed by atoms with Gasteiger partial charge in [0.15, 0.2) is 5.65 Å². The molecule has 3 aromatic rings. The number of benzene rings is 1. The summed E-state index contributed by atoms with van der Waals surface area (Å²) in [6.07, 6.45) is 5.44. The lowest BCUT2D eigenvalue weighted by Crippen LogP contribution is -2.24. The topological polar surface area (TPSA) is 85.8 Å². The van der Waals surface area contributed by atoms with Crippen LogP contribution in [0.1, 0.15) is 43.6 Å². The smallest absolute Gasteiger partial charge is 0.287 e. The highest BCUT2D eigenvalue weighted by Crippen LogP contribution is 2.25. The Morgan fingerprint density at radius 2 is 1.96 bits per heavy atom. The van der Waals surface area contributed by atoms with Crippen molar-refractivity contribution in [3.63, 3.8) is 0 Å². The van der Waals surface area contributed by atoms with Crippen molar-refractivity contribution in [2.24, 2.45) is 5.92 Å². The Morgan fingerprint density at radius 1 is 1.21 bits per heavy atom. The Kier molecular flexibility index (Phi) is 5.14. The predicted molar refractivity (Wildman–Crippen MR) is 104 cm³/mol. The van der Waals surface area contributed by atoms with E-state index in [1.165, 1.54) is 12.5 Å². The molecule has 4 rings (SSSR count). The lowest BCUT2D eigenvalue weighted by atomic mass is 9.88. The van der Waals surface area contributed by atoms with Crippen LogP contribution in [0.4, 0.5) is 5.69 Å². The minimum absolute atomic E-state index is 0.0988. The van der Waals surface area contributed by atoms with Crippen molar-refractivity contribution in [2.75, 3.05) is 5.32 Å². The number of aromatic nitrogens is 2. The van der Waals surface area contributed by atoms with Crippen LogP contribution >= 0.6 is 0 Å². The van der Waals surface area contributed by atoms with Crippen LogP contribution in [0.3, 0.4) is 0 Å². The standard InChI is InChI=1S/C21H23N3O4/c1-14-11-19-22-17(12-20(25)24(19)28-14)13-27-18-9-7-16(8-10-18)23-21(26)15-5-3-2-4-6-15/h7-12,15H,2-6,13H2,1H3,(H,23,26). The first kappa shape index (κ1) is 18.3. The van der Waals surface area contributed by atoms with Crippen LogP contribution in [-0.4, -0.2) is 15.5 Å². The van der Waals surface area contributed by atoms with E-state index in [1.54, 1.807) is 25.1 Å².